The molecule has 7 heteroatoms. The van der Waals surface area contributed by atoms with Gasteiger partial charge in [-0.15, -0.1) is 71.4 Å². The van der Waals surface area contributed by atoms with E-state index in [4.69, 9.17) is 4.42 Å². The molecular weight excluding hydrogens is 991 g/mol. The Morgan fingerprint density at radius 3 is 0.980 bits per heavy atom. The molecule has 51 heavy (non-hydrogen) atoms. The van der Waals surface area contributed by atoms with Gasteiger partial charge in [0.15, 0.2) is 0 Å². The van der Waals surface area contributed by atoms with Crippen LogP contribution in [0.5, 0.6) is 0 Å². The van der Waals surface area contributed by atoms with Crippen molar-refractivity contribution in [3.8, 4) is 45.0 Å². The Morgan fingerprint density at radius 2 is 0.686 bits per heavy atom. The summed E-state index contributed by atoms with van der Waals surface area (Å²) in [5, 5.41) is 2.21. The minimum absolute atomic E-state index is 0. The van der Waals surface area contributed by atoms with Gasteiger partial charge in [-0.2, -0.15) is 36.4 Å². The fourth-order valence-electron chi connectivity index (χ4n) is 5.16. The second-order valence-electron chi connectivity index (χ2n) is 10.7. The number of fused-ring (bicyclic) bond motifs is 3. The Morgan fingerprint density at radius 1 is 0.353 bits per heavy atom. The van der Waals surface area contributed by atoms with Crippen LogP contribution in [0.2, 0.25) is 0 Å². The van der Waals surface area contributed by atoms with E-state index in [1.807, 2.05) is 146 Å². The number of nitrogens with zero attached hydrogens (tertiary/aromatic N) is 4. The normalized spacial score (nSPS) is 10.0. The van der Waals surface area contributed by atoms with Crippen LogP contribution in [-0.4, -0.2) is 19.9 Å². The molecule has 0 radical (unpaired) electrons. The van der Waals surface area contributed by atoms with Crippen molar-refractivity contribution in [1.29, 1.82) is 0 Å². The molecule has 0 aliphatic heterocycles. The maximum Gasteiger partial charge on any atom is 2.00 e. The van der Waals surface area contributed by atoms with Crippen LogP contribution in [0.15, 0.2) is 175 Å². The number of para-hydroxylation sites is 2. The van der Waals surface area contributed by atoms with Gasteiger partial charge in [0.05, 0.1) is 0 Å². The summed E-state index contributed by atoms with van der Waals surface area (Å²) in [6.45, 7) is 0. The predicted molar refractivity (Wildman–Crippen MR) is 195 cm³/mol. The Balaban J connectivity index is 0.000000147. The molecule has 5 aromatic heterocycles. The van der Waals surface area contributed by atoms with Gasteiger partial charge in [-0.25, -0.2) is 0 Å². The molecule has 0 amide bonds. The molecule has 5 heterocycles. The van der Waals surface area contributed by atoms with E-state index in [9.17, 15) is 0 Å². The number of hydrogen-bond donors (Lipinski definition) is 0. The SMILES string of the molecule is [Pt+2].[Pt+2].[c-]1c(-c2ccccn2)cccc1-c1ccccn1.[c-]1c(-c2ccccn2)cccc1-c1ccccn1.[c-]1cccc2c1oc1[c-]cccc12. The molecule has 9 rings (SSSR count). The molecule has 0 N–H and O–H groups in total. The fourth-order valence-corrected chi connectivity index (χ4v) is 5.16. The van der Waals surface area contributed by atoms with Gasteiger partial charge in [-0.3, -0.25) is 19.9 Å². The summed E-state index contributed by atoms with van der Waals surface area (Å²) in [4.78, 5) is 17.3. The van der Waals surface area contributed by atoms with Crippen LogP contribution in [0, 0.1) is 24.3 Å². The van der Waals surface area contributed by atoms with Crippen molar-refractivity contribution in [1.82, 2.24) is 19.9 Å². The van der Waals surface area contributed by atoms with Crippen LogP contribution >= 0.6 is 0 Å². The summed E-state index contributed by atoms with van der Waals surface area (Å²) in [7, 11) is 0. The molecule has 5 nitrogen and oxygen atoms in total. The second kappa shape index (κ2) is 18.6. The molecule has 9 aromatic rings. The van der Waals surface area contributed by atoms with Crippen molar-refractivity contribution in [2.75, 3.05) is 0 Å². The van der Waals surface area contributed by atoms with Crippen LogP contribution < -0.4 is 0 Å². The van der Waals surface area contributed by atoms with E-state index < -0.39 is 0 Å². The smallest absolute Gasteiger partial charge is 0.510 e. The largest absolute Gasteiger partial charge is 2.00 e. The van der Waals surface area contributed by atoms with Crippen molar-refractivity contribution in [3.05, 3.63) is 195 Å². The fraction of sp³-hybridized carbons (Fsp3) is 0. The Kier molecular flexibility index (Phi) is 13.5. The van der Waals surface area contributed by atoms with Gasteiger partial charge in [0.2, 0.25) is 0 Å². The quantitative estimate of drug-likeness (QED) is 0.164. The second-order valence-corrected chi connectivity index (χ2v) is 10.7. The number of pyridine rings is 4. The van der Waals surface area contributed by atoms with Gasteiger partial charge in [0.25, 0.3) is 0 Å². The molecule has 0 spiro atoms. The van der Waals surface area contributed by atoms with E-state index in [2.05, 4.69) is 44.2 Å². The zero-order valence-electron chi connectivity index (χ0n) is 27.0. The summed E-state index contributed by atoms with van der Waals surface area (Å²) in [5.41, 5.74) is 9.26. The molecular formula is C44H28N4OPt2. The van der Waals surface area contributed by atoms with Crippen LogP contribution in [-0.2, 0) is 42.1 Å². The van der Waals surface area contributed by atoms with Crippen LogP contribution in [0.25, 0.3) is 67.0 Å². The minimum atomic E-state index is 0. The van der Waals surface area contributed by atoms with Gasteiger partial charge < -0.3 is 4.42 Å². The van der Waals surface area contributed by atoms with E-state index in [0.29, 0.717) is 0 Å². The number of furan rings is 1. The molecule has 0 aliphatic rings. The molecule has 4 aromatic carbocycles. The topological polar surface area (TPSA) is 64.7 Å². The van der Waals surface area contributed by atoms with Gasteiger partial charge >= 0.3 is 42.1 Å². The van der Waals surface area contributed by atoms with Crippen molar-refractivity contribution in [2.45, 2.75) is 0 Å². The van der Waals surface area contributed by atoms with Crippen molar-refractivity contribution >= 4 is 21.9 Å². The molecule has 0 aliphatic carbocycles. The van der Waals surface area contributed by atoms with Gasteiger partial charge in [0.1, 0.15) is 0 Å². The van der Waals surface area contributed by atoms with Crippen LogP contribution in [0.3, 0.4) is 0 Å². The third kappa shape index (κ3) is 9.46. The van der Waals surface area contributed by atoms with Crippen LogP contribution in [0.1, 0.15) is 0 Å². The average molecular weight is 1020 g/mol. The maximum atomic E-state index is 5.54. The van der Waals surface area contributed by atoms with E-state index in [1.54, 1.807) is 24.8 Å². The van der Waals surface area contributed by atoms with Gasteiger partial charge in [-0.1, -0.05) is 70.8 Å². The van der Waals surface area contributed by atoms with E-state index in [1.165, 1.54) is 0 Å². The molecule has 250 valence electrons. The van der Waals surface area contributed by atoms with Crippen LogP contribution in [0.4, 0.5) is 0 Å². The van der Waals surface area contributed by atoms with E-state index >= 15 is 0 Å². The summed E-state index contributed by atoms with van der Waals surface area (Å²) >= 11 is 0. The molecule has 0 fully saturated rings. The molecule has 0 saturated carbocycles. The third-order valence-corrected chi connectivity index (χ3v) is 7.48. The minimum Gasteiger partial charge on any atom is -0.510 e. The number of aromatic nitrogens is 4. The maximum absolute atomic E-state index is 5.54. The standard InChI is InChI=1S/2C16H11N2.C12H6O.2Pt/c2*1-3-10-17-15(8-1)13-6-5-7-14(12-13)16-9-2-4-11-18-16;1-3-7-11-9(5-1)10-6-2-4-8-12(10)13-11;;/h2*1-11H;1-6H;;/q2*-1;-2;2*+2. The molecule has 0 bridgehead atoms. The first kappa shape index (κ1) is 36.9. The van der Waals surface area contributed by atoms with E-state index in [0.717, 1.165) is 67.0 Å². The van der Waals surface area contributed by atoms with Crippen molar-refractivity contribution in [2.24, 2.45) is 0 Å². The first-order valence-electron chi connectivity index (χ1n) is 15.7. The Labute approximate surface area is 326 Å². The van der Waals surface area contributed by atoms with Crippen molar-refractivity contribution in [3.63, 3.8) is 0 Å². The summed E-state index contributed by atoms with van der Waals surface area (Å²) < 4.78 is 5.54. The van der Waals surface area contributed by atoms with Gasteiger partial charge in [0, 0.05) is 58.7 Å². The first-order valence-corrected chi connectivity index (χ1v) is 15.7. The molecule has 0 saturated heterocycles. The zero-order valence-corrected chi connectivity index (χ0v) is 31.5. The number of rotatable bonds is 4. The zero-order chi connectivity index (χ0) is 33.1. The van der Waals surface area contributed by atoms with E-state index in [-0.39, 0.29) is 42.1 Å². The van der Waals surface area contributed by atoms with Crippen molar-refractivity contribution < 1.29 is 46.5 Å². The number of benzene rings is 4. The van der Waals surface area contributed by atoms with Gasteiger partial charge in [-0.05, 0) is 24.3 Å². The summed E-state index contributed by atoms with van der Waals surface area (Å²) in [5.74, 6) is 0. The average Bonchev–Trinajstić information content (AvgIpc) is 3.59. The number of hydrogen-bond acceptors (Lipinski definition) is 5. The monoisotopic (exact) mass is 1020 g/mol. The Bertz CT molecular complexity index is 2110. The summed E-state index contributed by atoms with van der Waals surface area (Å²) in [6.07, 6.45) is 7.15. The first-order chi connectivity index (χ1) is 24.3. The third-order valence-electron chi connectivity index (χ3n) is 7.48. The molecule has 0 unspecified atom stereocenters. The summed E-state index contributed by atoms with van der Waals surface area (Å²) in [6, 6.07) is 60.0. The Hall–Kier alpha value is -5.34. The predicted octanol–water partition coefficient (Wildman–Crippen LogP) is 10.4. The molecule has 0 atom stereocenters.